The van der Waals surface area contributed by atoms with E-state index in [4.69, 9.17) is 0 Å². The Morgan fingerprint density at radius 3 is 2.54 bits per heavy atom. The highest BCUT2D eigenvalue weighted by Gasteiger charge is 2.09. The second kappa shape index (κ2) is 8.20. The van der Waals surface area contributed by atoms with Crippen molar-refractivity contribution in [1.29, 1.82) is 0 Å². The van der Waals surface area contributed by atoms with Gasteiger partial charge >= 0.3 is 0 Å². The molecule has 2 N–H and O–H groups in total. The summed E-state index contributed by atoms with van der Waals surface area (Å²) < 4.78 is 0.758. The first-order valence-electron chi connectivity index (χ1n) is 6.75. The van der Waals surface area contributed by atoms with Crippen molar-refractivity contribution in [3.05, 3.63) is 79.4 Å². The van der Waals surface area contributed by atoms with Crippen molar-refractivity contribution in [2.75, 3.05) is 0 Å². The van der Waals surface area contributed by atoms with Crippen molar-refractivity contribution in [3.63, 3.8) is 0 Å². The van der Waals surface area contributed by atoms with Crippen LogP contribution in [-0.2, 0) is 4.79 Å². The molecule has 0 heterocycles. The molecule has 2 aromatic rings. The molecule has 7 nitrogen and oxygen atoms in total. The van der Waals surface area contributed by atoms with Crippen molar-refractivity contribution in [2.45, 2.75) is 0 Å². The summed E-state index contributed by atoms with van der Waals surface area (Å²) in [5.74, 6) is -0.988. The number of rotatable bonds is 4. The van der Waals surface area contributed by atoms with E-state index in [1.165, 1.54) is 30.4 Å². The van der Waals surface area contributed by atoms with Crippen LogP contribution in [0.4, 0.5) is 5.69 Å². The number of halogens is 1. The number of non-ortho nitro benzene ring substituents is 1. The second-order valence-corrected chi connectivity index (χ2v) is 5.77. The van der Waals surface area contributed by atoms with Crippen molar-refractivity contribution in [3.8, 4) is 0 Å². The fraction of sp³-hybridized carbons (Fsp3) is 0. The Morgan fingerprint density at radius 2 is 1.83 bits per heavy atom. The zero-order valence-corrected chi connectivity index (χ0v) is 14.4. The van der Waals surface area contributed by atoms with Gasteiger partial charge in [0.1, 0.15) is 0 Å². The van der Waals surface area contributed by atoms with Crippen LogP contribution in [0.2, 0.25) is 0 Å². The number of hydrogen-bond acceptors (Lipinski definition) is 4. The molecule has 0 saturated heterocycles. The molecule has 0 spiro atoms. The van der Waals surface area contributed by atoms with Crippen molar-refractivity contribution in [2.24, 2.45) is 0 Å². The van der Waals surface area contributed by atoms with Gasteiger partial charge in [-0.05, 0) is 46.4 Å². The third kappa shape index (κ3) is 4.88. The number of nitro benzene ring substituents is 1. The number of benzene rings is 2. The van der Waals surface area contributed by atoms with Crippen LogP contribution in [0.1, 0.15) is 15.9 Å². The molecular formula is C16H12IN3O4. The Balaban J connectivity index is 1.94. The van der Waals surface area contributed by atoms with Crippen LogP contribution in [0.5, 0.6) is 0 Å². The number of carbonyl (C=O) groups excluding carboxylic acids is 2. The summed E-state index contributed by atoms with van der Waals surface area (Å²) in [6.07, 6.45) is 2.59. The monoisotopic (exact) mass is 437 g/mol. The molecule has 0 saturated carbocycles. The van der Waals surface area contributed by atoms with E-state index in [2.05, 4.69) is 10.9 Å². The Hall–Kier alpha value is -2.75. The first kappa shape index (κ1) is 17.6. The zero-order valence-electron chi connectivity index (χ0n) is 12.2. The van der Waals surface area contributed by atoms with Gasteiger partial charge in [0.25, 0.3) is 17.5 Å². The lowest BCUT2D eigenvalue weighted by Crippen LogP contribution is -2.41. The van der Waals surface area contributed by atoms with Gasteiger partial charge in [-0.2, -0.15) is 0 Å². The lowest BCUT2D eigenvalue weighted by atomic mass is 10.2. The molecule has 2 aromatic carbocycles. The minimum Gasteiger partial charge on any atom is -0.268 e. The van der Waals surface area contributed by atoms with Crippen molar-refractivity contribution < 1.29 is 14.5 Å². The molecule has 0 unspecified atom stereocenters. The van der Waals surface area contributed by atoms with Gasteiger partial charge in [-0.25, -0.2) is 0 Å². The minimum atomic E-state index is -0.555. The number of amides is 2. The van der Waals surface area contributed by atoms with Crippen molar-refractivity contribution in [1.82, 2.24) is 10.9 Å². The van der Waals surface area contributed by atoms with Crippen LogP contribution in [0, 0.1) is 13.7 Å². The maximum Gasteiger partial charge on any atom is 0.270 e. The maximum absolute atomic E-state index is 11.9. The van der Waals surface area contributed by atoms with E-state index >= 15 is 0 Å². The van der Waals surface area contributed by atoms with Gasteiger partial charge in [-0.15, -0.1) is 0 Å². The molecule has 2 rings (SSSR count). The van der Waals surface area contributed by atoms with Crippen LogP contribution in [0.3, 0.4) is 0 Å². The number of carbonyl (C=O) groups is 2. The highest BCUT2D eigenvalue weighted by atomic mass is 127. The summed E-state index contributed by atoms with van der Waals surface area (Å²) >= 11 is 2.02. The van der Waals surface area contributed by atoms with E-state index in [-0.39, 0.29) is 5.69 Å². The molecule has 0 aliphatic rings. The summed E-state index contributed by atoms with van der Waals surface area (Å²) in [6, 6.07) is 12.8. The van der Waals surface area contributed by atoms with E-state index < -0.39 is 16.7 Å². The molecule has 0 aliphatic heterocycles. The highest BCUT2D eigenvalue weighted by molar-refractivity contribution is 14.1. The van der Waals surface area contributed by atoms with E-state index in [0.717, 1.165) is 3.57 Å². The van der Waals surface area contributed by atoms with Crippen LogP contribution >= 0.6 is 22.6 Å². The fourth-order valence-electron chi connectivity index (χ4n) is 1.79. The van der Waals surface area contributed by atoms with Gasteiger partial charge in [-0.1, -0.05) is 24.3 Å². The SMILES string of the molecule is O=C(/C=C/c1cccc([N+](=O)[O-])c1)NNC(=O)c1ccccc1I. The number of nitrogens with zero attached hydrogens (tertiary/aromatic N) is 1. The number of nitro groups is 1. The first-order valence-corrected chi connectivity index (χ1v) is 7.82. The lowest BCUT2D eigenvalue weighted by Gasteiger charge is -2.06. The molecule has 122 valence electrons. The quantitative estimate of drug-likeness (QED) is 0.333. The summed E-state index contributed by atoms with van der Waals surface area (Å²) in [5, 5.41) is 10.7. The molecule has 0 aromatic heterocycles. The summed E-state index contributed by atoms with van der Waals surface area (Å²) in [5.41, 5.74) is 5.44. The van der Waals surface area contributed by atoms with E-state index in [1.54, 1.807) is 30.3 Å². The highest BCUT2D eigenvalue weighted by Crippen LogP contribution is 2.14. The van der Waals surface area contributed by atoms with Gasteiger partial charge in [0.05, 0.1) is 10.5 Å². The van der Waals surface area contributed by atoms with Crippen LogP contribution in [-0.4, -0.2) is 16.7 Å². The fourth-order valence-corrected chi connectivity index (χ4v) is 2.42. The topological polar surface area (TPSA) is 101 Å². The predicted molar refractivity (Wildman–Crippen MR) is 96.9 cm³/mol. The normalized spacial score (nSPS) is 10.4. The molecule has 0 bridgehead atoms. The molecule has 2 amide bonds. The van der Waals surface area contributed by atoms with Crippen LogP contribution < -0.4 is 10.9 Å². The average Bonchev–Trinajstić information content (AvgIpc) is 2.58. The summed E-state index contributed by atoms with van der Waals surface area (Å²) in [6.45, 7) is 0. The second-order valence-electron chi connectivity index (χ2n) is 4.61. The standard InChI is InChI=1S/C16H12IN3O4/c17-14-7-2-1-6-13(14)16(22)19-18-15(21)9-8-11-4-3-5-12(10-11)20(23)24/h1-10H,(H,18,21)(H,19,22)/b9-8+. The Morgan fingerprint density at radius 1 is 1.08 bits per heavy atom. The van der Waals surface area contributed by atoms with Crippen molar-refractivity contribution >= 4 is 46.2 Å². The Bertz CT molecular complexity index is 820. The van der Waals surface area contributed by atoms with Gasteiger partial charge in [-0.3, -0.25) is 30.6 Å². The summed E-state index contributed by atoms with van der Waals surface area (Å²) in [4.78, 5) is 33.8. The van der Waals surface area contributed by atoms with Crippen LogP contribution in [0.15, 0.2) is 54.6 Å². The zero-order chi connectivity index (χ0) is 17.5. The summed E-state index contributed by atoms with van der Waals surface area (Å²) in [7, 11) is 0. The third-order valence-corrected chi connectivity index (χ3v) is 3.87. The molecule has 8 heteroatoms. The lowest BCUT2D eigenvalue weighted by molar-refractivity contribution is -0.384. The molecule has 0 aliphatic carbocycles. The predicted octanol–water partition coefficient (Wildman–Crippen LogP) is 2.67. The first-order chi connectivity index (χ1) is 11.5. The maximum atomic E-state index is 11.9. The Kier molecular flexibility index (Phi) is 6.01. The minimum absolute atomic E-state index is 0.0653. The largest absolute Gasteiger partial charge is 0.270 e. The molecule has 0 atom stereocenters. The third-order valence-electron chi connectivity index (χ3n) is 2.93. The number of hydrogen-bond donors (Lipinski definition) is 2. The van der Waals surface area contributed by atoms with E-state index in [1.807, 2.05) is 22.6 Å². The van der Waals surface area contributed by atoms with E-state index in [0.29, 0.717) is 11.1 Å². The van der Waals surface area contributed by atoms with Crippen LogP contribution in [0.25, 0.3) is 6.08 Å². The van der Waals surface area contributed by atoms with E-state index in [9.17, 15) is 19.7 Å². The average molecular weight is 437 g/mol. The Labute approximate surface area is 151 Å². The van der Waals surface area contributed by atoms with Gasteiger partial charge < -0.3 is 0 Å². The molecule has 24 heavy (non-hydrogen) atoms. The van der Waals surface area contributed by atoms with Gasteiger partial charge in [0.2, 0.25) is 0 Å². The molecule has 0 radical (unpaired) electrons. The molecule has 0 fully saturated rings. The molecular weight excluding hydrogens is 425 g/mol. The smallest absolute Gasteiger partial charge is 0.268 e. The van der Waals surface area contributed by atoms with Gasteiger partial charge in [0.15, 0.2) is 0 Å². The van der Waals surface area contributed by atoms with Gasteiger partial charge in [0, 0.05) is 21.8 Å². The number of nitrogens with one attached hydrogen (secondary N) is 2. The number of hydrazine groups is 1.